The molecule has 0 spiro atoms. The molecule has 2 aromatic rings. The summed E-state index contributed by atoms with van der Waals surface area (Å²) >= 11 is 1.54. The highest BCUT2D eigenvalue weighted by Crippen LogP contribution is 2.29. The number of carbonyl (C=O) groups is 2. The van der Waals surface area contributed by atoms with Gasteiger partial charge in [0.15, 0.2) is 0 Å². The van der Waals surface area contributed by atoms with Gasteiger partial charge in [0.1, 0.15) is 6.10 Å². The van der Waals surface area contributed by atoms with Crippen LogP contribution >= 0.6 is 11.3 Å². The Morgan fingerprint density at radius 1 is 1.39 bits per heavy atom. The highest BCUT2D eigenvalue weighted by Gasteiger charge is 2.20. The van der Waals surface area contributed by atoms with E-state index in [1.807, 2.05) is 30.3 Å². The van der Waals surface area contributed by atoms with E-state index in [2.05, 4.69) is 5.32 Å². The van der Waals surface area contributed by atoms with E-state index < -0.39 is 6.10 Å². The lowest BCUT2D eigenvalue weighted by atomic mass is 10.2. The van der Waals surface area contributed by atoms with Crippen LogP contribution in [-0.4, -0.2) is 41.5 Å². The van der Waals surface area contributed by atoms with Crippen LogP contribution in [0.5, 0.6) is 0 Å². The second kappa shape index (κ2) is 7.10. The lowest BCUT2D eigenvalue weighted by Gasteiger charge is -2.15. The smallest absolute Gasteiger partial charge is 0.222 e. The van der Waals surface area contributed by atoms with Gasteiger partial charge < -0.3 is 15.3 Å². The first-order chi connectivity index (χ1) is 11.1. The van der Waals surface area contributed by atoms with Crippen LogP contribution in [0.3, 0.4) is 0 Å². The number of nitrogens with zero attached hydrogens (tertiary/aromatic N) is 1. The molecule has 1 unspecified atom stereocenters. The number of hydrogen-bond donors (Lipinski definition) is 2. The van der Waals surface area contributed by atoms with Crippen LogP contribution in [-0.2, 0) is 9.59 Å². The number of thiophene rings is 1. The van der Waals surface area contributed by atoms with Crippen molar-refractivity contribution in [1.82, 2.24) is 10.2 Å². The molecule has 1 aromatic carbocycles. The molecule has 1 fully saturated rings. The van der Waals surface area contributed by atoms with Gasteiger partial charge in [0.25, 0.3) is 0 Å². The van der Waals surface area contributed by atoms with Crippen LogP contribution in [0.25, 0.3) is 10.1 Å². The number of benzene rings is 1. The van der Waals surface area contributed by atoms with Crippen molar-refractivity contribution in [1.29, 1.82) is 0 Å². The van der Waals surface area contributed by atoms with Gasteiger partial charge in [-0.2, -0.15) is 0 Å². The second-order valence-corrected chi connectivity index (χ2v) is 6.86. The third-order valence-corrected chi connectivity index (χ3v) is 5.26. The third-order valence-electron chi connectivity index (χ3n) is 4.05. The maximum absolute atomic E-state index is 11.9. The molecule has 0 saturated carbocycles. The zero-order chi connectivity index (χ0) is 16.2. The topological polar surface area (TPSA) is 69.6 Å². The summed E-state index contributed by atoms with van der Waals surface area (Å²) in [5.41, 5.74) is 0. The molecule has 1 saturated heterocycles. The van der Waals surface area contributed by atoms with Gasteiger partial charge >= 0.3 is 0 Å². The van der Waals surface area contributed by atoms with Gasteiger partial charge in [-0.3, -0.25) is 9.59 Å². The molecule has 3 rings (SSSR count). The average Bonchev–Trinajstić information content (AvgIpc) is 3.16. The molecule has 1 aliphatic heterocycles. The van der Waals surface area contributed by atoms with Gasteiger partial charge in [-0.15, -0.1) is 11.3 Å². The van der Waals surface area contributed by atoms with Crippen LogP contribution in [0.1, 0.15) is 30.2 Å². The minimum atomic E-state index is -0.704. The summed E-state index contributed by atoms with van der Waals surface area (Å²) in [4.78, 5) is 25.9. The van der Waals surface area contributed by atoms with Crippen LogP contribution < -0.4 is 5.32 Å². The molecule has 122 valence electrons. The van der Waals surface area contributed by atoms with Crippen LogP contribution in [0.2, 0.25) is 0 Å². The van der Waals surface area contributed by atoms with Crippen molar-refractivity contribution in [3.8, 4) is 0 Å². The molecule has 1 aromatic heterocycles. The summed E-state index contributed by atoms with van der Waals surface area (Å²) in [5.74, 6) is -0.00651. The summed E-state index contributed by atoms with van der Waals surface area (Å²) in [5, 5.41) is 14.1. The summed E-state index contributed by atoms with van der Waals surface area (Å²) in [6.45, 7) is 1.40. The molecule has 0 aliphatic carbocycles. The SMILES string of the molecule is O=C(CCN1CCCC1=O)NCC(O)c1cc2ccccc2s1. The first kappa shape index (κ1) is 16.0. The molecular weight excluding hydrogens is 312 g/mol. The molecule has 1 aliphatic rings. The van der Waals surface area contributed by atoms with Crippen LogP contribution in [0.4, 0.5) is 0 Å². The van der Waals surface area contributed by atoms with Crippen LogP contribution in [0, 0.1) is 0 Å². The summed E-state index contributed by atoms with van der Waals surface area (Å²) in [6.07, 6.45) is 1.05. The molecule has 2 amide bonds. The molecule has 1 atom stereocenters. The number of rotatable bonds is 6. The third kappa shape index (κ3) is 3.89. The van der Waals surface area contributed by atoms with Gasteiger partial charge in [0.2, 0.25) is 11.8 Å². The van der Waals surface area contributed by atoms with E-state index in [0.717, 1.165) is 27.9 Å². The lowest BCUT2D eigenvalue weighted by Crippen LogP contribution is -2.33. The lowest BCUT2D eigenvalue weighted by molar-refractivity contribution is -0.128. The van der Waals surface area contributed by atoms with Gasteiger partial charge in [-0.25, -0.2) is 0 Å². The van der Waals surface area contributed by atoms with E-state index >= 15 is 0 Å². The van der Waals surface area contributed by atoms with Crippen molar-refractivity contribution < 1.29 is 14.7 Å². The Morgan fingerprint density at radius 3 is 2.96 bits per heavy atom. The standard InChI is InChI=1S/C17H20N2O3S/c20-13(15-10-12-4-1-2-5-14(12)23-15)11-18-16(21)7-9-19-8-3-6-17(19)22/h1-2,4-5,10,13,20H,3,6-9,11H2,(H,18,21). The van der Waals surface area contributed by atoms with Gasteiger partial charge in [-0.1, -0.05) is 18.2 Å². The van der Waals surface area contributed by atoms with Crippen LogP contribution in [0.15, 0.2) is 30.3 Å². The molecule has 0 bridgehead atoms. The average molecular weight is 332 g/mol. The van der Waals surface area contributed by atoms with Gasteiger partial charge in [0, 0.05) is 42.1 Å². The van der Waals surface area contributed by atoms with Crippen molar-refractivity contribution in [2.24, 2.45) is 0 Å². The number of carbonyl (C=O) groups excluding carboxylic acids is 2. The van der Waals surface area contributed by atoms with E-state index in [4.69, 9.17) is 0 Å². The Bertz CT molecular complexity index is 680. The van der Waals surface area contributed by atoms with E-state index in [1.54, 1.807) is 4.90 Å². The molecular formula is C17H20N2O3S. The predicted molar refractivity (Wildman–Crippen MR) is 90.2 cm³/mol. The molecule has 2 N–H and O–H groups in total. The highest BCUT2D eigenvalue weighted by atomic mass is 32.1. The first-order valence-corrected chi connectivity index (χ1v) is 8.66. The summed E-state index contributed by atoms with van der Waals surface area (Å²) in [6, 6.07) is 9.92. The molecule has 2 heterocycles. The number of aliphatic hydroxyl groups is 1. The number of amides is 2. The Hall–Kier alpha value is -1.92. The summed E-state index contributed by atoms with van der Waals surface area (Å²) in [7, 11) is 0. The van der Waals surface area contributed by atoms with Gasteiger partial charge in [0.05, 0.1) is 0 Å². The molecule has 5 nitrogen and oxygen atoms in total. The Labute approximate surface area is 138 Å². The summed E-state index contributed by atoms with van der Waals surface area (Å²) < 4.78 is 1.13. The Balaban J connectivity index is 1.47. The normalized spacial score (nSPS) is 16.0. The van der Waals surface area contributed by atoms with Crippen molar-refractivity contribution in [3.05, 3.63) is 35.2 Å². The van der Waals surface area contributed by atoms with Crippen molar-refractivity contribution in [2.45, 2.75) is 25.4 Å². The number of aliphatic hydroxyl groups excluding tert-OH is 1. The van der Waals surface area contributed by atoms with E-state index in [9.17, 15) is 14.7 Å². The number of likely N-dealkylation sites (tertiary alicyclic amines) is 1. The van der Waals surface area contributed by atoms with Crippen molar-refractivity contribution >= 4 is 33.2 Å². The molecule has 23 heavy (non-hydrogen) atoms. The Kier molecular flexibility index (Phi) is 4.93. The number of fused-ring (bicyclic) bond motifs is 1. The maximum Gasteiger partial charge on any atom is 0.222 e. The quantitative estimate of drug-likeness (QED) is 0.851. The molecule has 0 radical (unpaired) electrons. The fourth-order valence-electron chi connectivity index (χ4n) is 2.74. The zero-order valence-electron chi connectivity index (χ0n) is 12.8. The fourth-order valence-corrected chi connectivity index (χ4v) is 3.79. The maximum atomic E-state index is 11.9. The second-order valence-electron chi connectivity index (χ2n) is 5.74. The van der Waals surface area contributed by atoms with Crippen molar-refractivity contribution in [2.75, 3.05) is 19.6 Å². The minimum Gasteiger partial charge on any atom is -0.386 e. The molecule has 6 heteroatoms. The fraction of sp³-hybridized carbons (Fsp3) is 0.412. The highest BCUT2D eigenvalue weighted by molar-refractivity contribution is 7.19. The zero-order valence-corrected chi connectivity index (χ0v) is 13.6. The minimum absolute atomic E-state index is 0.128. The Morgan fingerprint density at radius 2 is 2.22 bits per heavy atom. The first-order valence-electron chi connectivity index (χ1n) is 7.84. The van der Waals surface area contributed by atoms with E-state index in [1.165, 1.54) is 11.3 Å². The predicted octanol–water partition coefficient (Wildman–Crippen LogP) is 2.06. The van der Waals surface area contributed by atoms with E-state index in [-0.39, 0.29) is 24.8 Å². The number of hydrogen-bond acceptors (Lipinski definition) is 4. The largest absolute Gasteiger partial charge is 0.386 e. The van der Waals surface area contributed by atoms with Crippen molar-refractivity contribution in [3.63, 3.8) is 0 Å². The van der Waals surface area contributed by atoms with E-state index in [0.29, 0.717) is 13.0 Å². The van der Waals surface area contributed by atoms with Gasteiger partial charge in [-0.05, 0) is 23.9 Å². The monoisotopic (exact) mass is 332 g/mol. The number of nitrogens with one attached hydrogen (secondary N) is 1.